The monoisotopic (exact) mass is 287 g/mol. The maximum absolute atomic E-state index is 5.66. The van der Waals surface area contributed by atoms with Crippen LogP contribution in [0.5, 0.6) is 11.5 Å². The van der Waals surface area contributed by atoms with Crippen molar-refractivity contribution in [2.75, 3.05) is 33.9 Å². The predicted octanol–water partition coefficient (Wildman–Crippen LogP) is 3.16. The normalized spacial score (nSPS) is 24.3. The van der Waals surface area contributed by atoms with Gasteiger partial charge >= 0.3 is 0 Å². The zero-order valence-corrected chi connectivity index (χ0v) is 13.3. The van der Waals surface area contributed by atoms with E-state index in [1.165, 1.54) is 29.7 Å². The molecule has 1 aliphatic heterocycles. The molecule has 114 valence electrons. The van der Waals surface area contributed by atoms with Crippen molar-refractivity contribution in [3.63, 3.8) is 0 Å². The van der Waals surface area contributed by atoms with E-state index in [4.69, 9.17) is 9.47 Å². The van der Waals surface area contributed by atoms with Gasteiger partial charge in [0.2, 0.25) is 0 Å². The summed E-state index contributed by atoms with van der Waals surface area (Å²) in [6.07, 6.45) is 4.35. The fourth-order valence-electron chi connectivity index (χ4n) is 4.23. The predicted molar refractivity (Wildman–Crippen MR) is 85.5 cm³/mol. The van der Waals surface area contributed by atoms with Crippen LogP contribution in [-0.2, 0) is 6.42 Å². The molecule has 21 heavy (non-hydrogen) atoms. The second-order valence-electron chi connectivity index (χ2n) is 6.23. The lowest BCUT2D eigenvalue weighted by molar-refractivity contribution is 0.341. The number of methoxy groups -OCH3 is 2. The molecule has 3 heteroatoms. The molecule has 3 rings (SSSR count). The molecule has 1 aliphatic carbocycles. The minimum absolute atomic E-state index is 0.633. The number of hydrogen-bond donors (Lipinski definition) is 0. The summed E-state index contributed by atoms with van der Waals surface area (Å²) >= 11 is 0. The third kappa shape index (κ3) is 2.34. The summed E-state index contributed by atoms with van der Waals surface area (Å²) in [5.41, 5.74) is 4.23. The summed E-state index contributed by atoms with van der Waals surface area (Å²) in [4.78, 5) is 2.52. The van der Waals surface area contributed by atoms with Crippen LogP contribution in [0.4, 0.5) is 0 Å². The average Bonchev–Trinajstić information content (AvgIpc) is 2.89. The van der Waals surface area contributed by atoms with Gasteiger partial charge in [0.1, 0.15) is 0 Å². The third-order valence-electron chi connectivity index (χ3n) is 5.06. The molecule has 0 bridgehead atoms. The Labute approximate surface area is 127 Å². The van der Waals surface area contributed by atoms with E-state index < -0.39 is 0 Å². The number of rotatable bonds is 4. The molecule has 0 aromatic heterocycles. The Morgan fingerprint density at radius 2 is 2.14 bits per heavy atom. The first kappa shape index (κ1) is 14.5. The van der Waals surface area contributed by atoms with E-state index in [1.54, 1.807) is 14.2 Å². The van der Waals surface area contributed by atoms with E-state index >= 15 is 0 Å². The first-order valence-electron chi connectivity index (χ1n) is 7.77. The minimum atomic E-state index is 0.633. The van der Waals surface area contributed by atoms with Crippen LogP contribution in [0.1, 0.15) is 29.0 Å². The first-order chi connectivity index (χ1) is 10.2. The van der Waals surface area contributed by atoms with Crippen LogP contribution < -0.4 is 9.47 Å². The first-order valence-corrected chi connectivity index (χ1v) is 7.77. The van der Waals surface area contributed by atoms with Crippen molar-refractivity contribution in [2.24, 2.45) is 5.92 Å². The van der Waals surface area contributed by atoms with Crippen molar-refractivity contribution in [2.45, 2.75) is 25.7 Å². The summed E-state index contributed by atoms with van der Waals surface area (Å²) < 4.78 is 11.2. The van der Waals surface area contributed by atoms with Crippen LogP contribution in [0.15, 0.2) is 18.7 Å². The standard InChI is InChI=1S/C18H25NO2/c1-5-8-19-10-13-6-7-14-17(15(13)11-19)12(2)9-16(20-3)18(14)21-4/h5,9,13,15H,1,6-8,10-11H2,2-4H3. The lowest BCUT2D eigenvalue weighted by Crippen LogP contribution is -2.21. The SMILES string of the molecule is C=CCN1CC2CCc3c(OC)c(OC)cc(C)c3C2C1. The summed E-state index contributed by atoms with van der Waals surface area (Å²) in [6.45, 7) is 9.41. The number of benzene rings is 1. The Morgan fingerprint density at radius 1 is 1.33 bits per heavy atom. The molecule has 1 aromatic carbocycles. The van der Waals surface area contributed by atoms with Gasteiger partial charge in [-0.2, -0.15) is 0 Å². The van der Waals surface area contributed by atoms with Gasteiger partial charge in [0.15, 0.2) is 11.5 Å². The third-order valence-corrected chi connectivity index (χ3v) is 5.06. The lowest BCUT2D eigenvalue weighted by atomic mass is 9.75. The van der Waals surface area contributed by atoms with E-state index in [9.17, 15) is 0 Å². The molecule has 0 saturated carbocycles. The molecule has 2 atom stereocenters. The van der Waals surface area contributed by atoms with Gasteiger partial charge in [0.05, 0.1) is 14.2 Å². The van der Waals surface area contributed by atoms with Crippen LogP contribution in [0, 0.1) is 12.8 Å². The lowest BCUT2D eigenvalue weighted by Gasteiger charge is -2.31. The molecular weight excluding hydrogens is 262 g/mol. The van der Waals surface area contributed by atoms with E-state index in [-0.39, 0.29) is 0 Å². The molecule has 0 spiro atoms. The molecule has 3 nitrogen and oxygen atoms in total. The van der Waals surface area contributed by atoms with Gasteiger partial charge in [-0.25, -0.2) is 0 Å². The highest BCUT2D eigenvalue weighted by Gasteiger charge is 2.39. The molecule has 0 N–H and O–H groups in total. The van der Waals surface area contributed by atoms with Crippen molar-refractivity contribution in [3.8, 4) is 11.5 Å². The highest BCUT2D eigenvalue weighted by Crippen LogP contribution is 2.48. The molecule has 0 amide bonds. The molecule has 2 unspecified atom stereocenters. The second kappa shape index (κ2) is 5.72. The Bertz CT molecular complexity index is 553. The van der Waals surface area contributed by atoms with Gasteiger partial charge in [-0.05, 0) is 42.9 Å². The molecule has 0 radical (unpaired) electrons. The van der Waals surface area contributed by atoms with E-state index in [2.05, 4.69) is 24.5 Å². The van der Waals surface area contributed by atoms with Crippen molar-refractivity contribution >= 4 is 0 Å². The van der Waals surface area contributed by atoms with E-state index in [0.29, 0.717) is 5.92 Å². The van der Waals surface area contributed by atoms with Crippen LogP contribution in [0.2, 0.25) is 0 Å². The second-order valence-corrected chi connectivity index (χ2v) is 6.23. The number of nitrogens with zero attached hydrogens (tertiary/aromatic N) is 1. The average molecular weight is 287 g/mol. The maximum Gasteiger partial charge on any atom is 0.164 e. The minimum Gasteiger partial charge on any atom is -0.493 e. The number of likely N-dealkylation sites (tertiary alicyclic amines) is 1. The Kier molecular flexibility index (Phi) is 3.94. The van der Waals surface area contributed by atoms with Gasteiger partial charge in [0, 0.05) is 31.1 Å². The van der Waals surface area contributed by atoms with E-state index in [0.717, 1.165) is 36.9 Å². The van der Waals surface area contributed by atoms with Gasteiger partial charge in [-0.15, -0.1) is 6.58 Å². The van der Waals surface area contributed by atoms with Crippen molar-refractivity contribution in [1.82, 2.24) is 4.90 Å². The van der Waals surface area contributed by atoms with Crippen molar-refractivity contribution in [1.29, 1.82) is 0 Å². The Balaban J connectivity index is 2.03. The molecule has 1 fully saturated rings. The summed E-state index contributed by atoms with van der Waals surface area (Å²) in [6, 6.07) is 2.14. The van der Waals surface area contributed by atoms with Crippen LogP contribution in [0.25, 0.3) is 0 Å². The maximum atomic E-state index is 5.66. The van der Waals surface area contributed by atoms with Crippen molar-refractivity contribution in [3.05, 3.63) is 35.4 Å². The van der Waals surface area contributed by atoms with Gasteiger partial charge < -0.3 is 9.47 Å². The molecule has 1 heterocycles. The molecular formula is C18H25NO2. The highest BCUT2D eigenvalue weighted by molar-refractivity contribution is 5.57. The van der Waals surface area contributed by atoms with Crippen LogP contribution in [0.3, 0.4) is 0 Å². The summed E-state index contributed by atoms with van der Waals surface area (Å²) in [7, 11) is 3.47. The fraction of sp³-hybridized carbons (Fsp3) is 0.556. The zero-order valence-electron chi connectivity index (χ0n) is 13.3. The topological polar surface area (TPSA) is 21.7 Å². The van der Waals surface area contributed by atoms with Crippen molar-refractivity contribution < 1.29 is 9.47 Å². The zero-order chi connectivity index (χ0) is 15.0. The summed E-state index contributed by atoms with van der Waals surface area (Å²) in [5.74, 6) is 3.22. The molecule has 2 aliphatic rings. The smallest absolute Gasteiger partial charge is 0.164 e. The quantitative estimate of drug-likeness (QED) is 0.794. The van der Waals surface area contributed by atoms with Gasteiger partial charge in [-0.3, -0.25) is 4.90 Å². The molecule has 1 saturated heterocycles. The number of ether oxygens (including phenoxy) is 2. The Morgan fingerprint density at radius 3 is 2.81 bits per heavy atom. The highest BCUT2D eigenvalue weighted by atomic mass is 16.5. The number of fused-ring (bicyclic) bond motifs is 3. The summed E-state index contributed by atoms with van der Waals surface area (Å²) in [5, 5.41) is 0. The van der Waals surface area contributed by atoms with Gasteiger partial charge in [-0.1, -0.05) is 6.08 Å². The van der Waals surface area contributed by atoms with Crippen LogP contribution >= 0.6 is 0 Å². The molecule has 1 aromatic rings. The fourth-order valence-corrected chi connectivity index (χ4v) is 4.23. The number of aryl methyl sites for hydroxylation is 1. The van der Waals surface area contributed by atoms with E-state index in [1.807, 2.05) is 6.08 Å². The van der Waals surface area contributed by atoms with Crippen LogP contribution in [-0.4, -0.2) is 38.8 Å². The number of hydrogen-bond acceptors (Lipinski definition) is 3. The van der Waals surface area contributed by atoms with Gasteiger partial charge in [0.25, 0.3) is 0 Å². The largest absolute Gasteiger partial charge is 0.493 e. The Hall–Kier alpha value is -1.48.